The molecule has 2 rings (SSSR count). The molecule has 1 aromatic rings. The second kappa shape index (κ2) is 4.08. The summed E-state index contributed by atoms with van der Waals surface area (Å²) in [6.45, 7) is 0.998. The Labute approximate surface area is 94.3 Å². The van der Waals surface area contributed by atoms with Crippen LogP contribution in [0.3, 0.4) is 0 Å². The van der Waals surface area contributed by atoms with Crippen molar-refractivity contribution >= 4 is 17.4 Å². The summed E-state index contributed by atoms with van der Waals surface area (Å²) in [4.78, 5) is 6.26. The summed E-state index contributed by atoms with van der Waals surface area (Å²) >= 11 is 5.84. The van der Waals surface area contributed by atoms with Crippen LogP contribution in [-0.2, 0) is 0 Å². The van der Waals surface area contributed by atoms with Gasteiger partial charge in [0, 0.05) is 13.6 Å². The molecule has 4 heteroatoms. The molecular formula is C11H12ClN3. The minimum absolute atomic E-state index is 0.381. The van der Waals surface area contributed by atoms with Gasteiger partial charge in [-0.05, 0) is 30.9 Å². The molecule has 0 atom stereocenters. The molecule has 0 unspecified atom stereocenters. The standard InChI is InChI=1S/C11H12ClN3/c1-15(7-8-2-3-8)11-5-9(6-13)4-10(12)14-11/h4-5,8H,2-3,7H2,1H3. The van der Waals surface area contributed by atoms with E-state index in [4.69, 9.17) is 16.9 Å². The quantitative estimate of drug-likeness (QED) is 0.737. The van der Waals surface area contributed by atoms with Crippen LogP contribution in [0, 0.1) is 17.2 Å². The van der Waals surface area contributed by atoms with Crippen LogP contribution in [0.1, 0.15) is 18.4 Å². The second-order valence-corrected chi connectivity index (χ2v) is 4.36. The summed E-state index contributed by atoms with van der Waals surface area (Å²) in [5.41, 5.74) is 0.563. The molecule has 0 aromatic carbocycles. The first-order valence-corrected chi connectivity index (χ1v) is 5.35. The van der Waals surface area contributed by atoms with Crippen molar-refractivity contribution in [2.45, 2.75) is 12.8 Å². The highest BCUT2D eigenvalue weighted by atomic mass is 35.5. The molecule has 1 aliphatic carbocycles. The van der Waals surface area contributed by atoms with Gasteiger partial charge in [-0.15, -0.1) is 0 Å². The van der Waals surface area contributed by atoms with Gasteiger partial charge in [0.05, 0.1) is 11.6 Å². The molecule has 1 heterocycles. The van der Waals surface area contributed by atoms with Crippen molar-refractivity contribution < 1.29 is 0 Å². The Morgan fingerprint density at radius 3 is 2.93 bits per heavy atom. The number of nitriles is 1. The van der Waals surface area contributed by atoms with Crippen molar-refractivity contribution in [3.63, 3.8) is 0 Å². The van der Waals surface area contributed by atoms with Crippen LogP contribution >= 0.6 is 11.6 Å². The first-order valence-electron chi connectivity index (χ1n) is 4.98. The van der Waals surface area contributed by atoms with Crippen LogP contribution in [-0.4, -0.2) is 18.6 Å². The molecule has 1 aromatic heterocycles. The van der Waals surface area contributed by atoms with Gasteiger partial charge < -0.3 is 4.90 Å². The smallest absolute Gasteiger partial charge is 0.132 e. The van der Waals surface area contributed by atoms with Crippen LogP contribution in [0.25, 0.3) is 0 Å². The van der Waals surface area contributed by atoms with Crippen LogP contribution in [0.2, 0.25) is 5.15 Å². The van der Waals surface area contributed by atoms with Gasteiger partial charge >= 0.3 is 0 Å². The minimum Gasteiger partial charge on any atom is -0.359 e. The average Bonchev–Trinajstić information content (AvgIpc) is 3.00. The van der Waals surface area contributed by atoms with Gasteiger partial charge in [-0.3, -0.25) is 0 Å². The van der Waals surface area contributed by atoms with Gasteiger partial charge in [-0.1, -0.05) is 11.6 Å². The highest BCUT2D eigenvalue weighted by Gasteiger charge is 2.23. The van der Waals surface area contributed by atoms with E-state index < -0.39 is 0 Å². The summed E-state index contributed by atoms with van der Waals surface area (Å²) in [6, 6.07) is 5.43. The van der Waals surface area contributed by atoms with Gasteiger partial charge in [0.25, 0.3) is 0 Å². The summed E-state index contributed by atoms with van der Waals surface area (Å²) < 4.78 is 0. The molecule has 1 saturated carbocycles. The lowest BCUT2D eigenvalue weighted by Gasteiger charge is -2.17. The number of nitrogens with zero attached hydrogens (tertiary/aromatic N) is 3. The molecule has 0 amide bonds. The Balaban J connectivity index is 2.18. The molecule has 0 N–H and O–H groups in total. The first-order chi connectivity index (χ1) is 7.19. The monoisotopic (exact) mass is 221 g/mol. The van der Waals surface area contributed by atoms with Crippen LogP contribution < -0.4 is 4.90 Å². The van der Waals surface area contributed by atoms with E-state index in [1.165, 1.54) is 12.8 Å². The summed E-state index contributed by atoms with van der Waals surface area (Å²) in [7, 11) is 1.98. The van der Waals surface area contributed by atoms with Crippen molar-refractivity contribution in [1.82, 2.24) is 4.98 Å². The molecule has 0 aliphatic heterocycles. The number of halogens is 1. The van der Waals surface area contributed by atoms with E-state index in [2.05, 4.69) is 16.0 Å². The lowest BCUT2D eigenvalue weighted by Crippen LogP contribution is -2.21. The fourth-order valence-electron chi connectivity index (χ4n) is 1.52. The first kappa shape index (κ1) is 10.3. The van der Waals surface area contributed by atoms with Crippen LogP contribution in [0.15, 0.2) is 12.1 Å². The molecule has 3 nitrogen and oxygen atoms in total. The van der Waals surface area contributed by atoms with Gasteiger partial charge in [0.15, 0.2) is 0 Å². The van der Waals surface area contributed by atoms with Gasteiger partial charge in [0.2, 0.25) is 0 Å². The zero-order valence-electron chi connectivity index (χ0n) is 8.57. The fraction of sp³-hybridized carbons (Fsp3) is 0.455. The van der Waals surface area contributed by atoms with Crippen molar-refractivity contribution in [3.05, 3.63) is 22.8 Å². The van der Waals surface area contributed by atoms with Crippen molar-refractivity contribution in [2.75, 3.05) is 18.5 Å². The Bertz CT molecular complexity index is 407. The fourth-order valence-corrected chi connectivity index (χ4v) is 1.73. The minimum atomic E-state index is 0.381. The molecular weight excluding hydrogens is 210 g/mol. The summed E-state index contributed by atoms with van der Waals surface area (Å²) in [5.74, 6) is 1.58. The highest BCUT2D eigenvalue weighted by molar-refractivity contribution is 6.29. The van der Waals surface area contributed by atoms with E-state index in [0.717, 1.165) is 18.3 Å². The average molecular weight is 222 g/mol. The highest BCUT2D eigenvalue weighted by Crippen LogP contribution is 2.30. The van der Waals surface area contributed by atoms with Gasteiger partial charge in [0.1, 0.15) is 11.0 Å². The third kappa shape index (κ3) is 2.60. The third-order valence-electron chi connectivity index (χ3n) is 2.53. The Hall–Kier alpha value is -1.27. The number of hydrogen-bond acceptors (Lipinski definition) is 3. The number of pyridine rings is 1. The van der Waals surface area contributed by atoms with E-state index >= 15 is 0 Å². The summed E-state index contributed by atoms with van der Waals surface area (Å²) in [5, 5.41) is 9.19. The van der Waals surface area contributed by atoms with Gasteiger partial charge in [-0.2, -0.15) is 5.26 Å². The Kier molecular flexibility index (Phi) is 2.79. The maximum Gasteiger partial charge on any atom is 0.132 e. The normalized spacial score (nSPS) is 14.7. The predicted octanol–water partition coefficient (Wildman–Crippen LogP) is 2.45. The van der Waals surface area contributed by atoms with Crippen LogP contribution in [0.4, 0.5) is 5.82 Å². The van der Waals surface area contributed by atoms with Crippen LogP contribution in [0.5, 0.6) is 0 Å². The maximum atomic E-state index is 8.81. The van der Waals surface area contributed by atoms with Crippen molar-refractivity contribution in [3.8, 4) is 6.07 Å². The number of aromatic nitrogens is 1. The molecule has 0 bridgehead atoms. The maximum absolute atomic E-state index is 8.81. The van der Waals surface area contributed by atoms with E-state index in [9.17, 15) is 0 Å². The number of rotatable bonds is 3. The topological polar surface area (TPSA) is 39.9 Å². The van der Waals surface area contributed by atoms with E-state index in [1.54, 1.807) is 12.1 Å². The molecule has 0 spiro atoms. The molecule has 78 valence electrons. The SMILES string of the molecule is CN(CC1CC1)c1cc(C#N)cc(Cl)n1. The van der Waals surface area contributed by atoms with Crippen molar-refractivity contribution in [2.24, 2.45) is 5.92 Å². The zero-order valence-corrected chi connectivity index (χ0v) is 9.33. The lowest BCUT2D eigenvalue weighted by molar-refractivity contribution is 0.777. The molecule has 1 aliphatic rings. The molecule has 1 fully saturated rings. The zero-order chi connectivity index (χ0) is 10.8. The van der Waals surface area contributed by atoms with E-state index in [-0.39, 0.29) is 0 Å². The second-order valence-electron chi connectivity index (χ2n) is 3.97. The van der Waals surface area contributed by atoms with E-state index in [1.807, 2.05) is 7.05 Å². The summed E-state index contributed by atoms with van der Waals surface area (Å²) in [6.07, 6.45) is 2.60. The number of anilines is 1. The molecule has 0 radical (unpaired) electrons. The van der Waals surface area contributed by atoms with E-state index in [0.29, 0.717) is 10.7 Å². The predicted molar refractivity (Wildman–Crippen MR) is 60.0 cm³/mol. The third-order valence-corrected chi connectivity index (χ3v) is 2.72. The number of hydrogen-bond donors (Lipinski definition) is 0. The lowest BCUT2D eigenvalue weighted by atomic mass is 10.2. The Morgan fingerprint density at radius 2 is 2.33 bits per heavy atom. The van der Waals surface area contributed by atoms with Gasteiger partial charge in [-0.25, -0.2) is 4.98 Å². The molecule has 0 saturated heterocycles. The molecule has 15 heavy (non-hydrogen) atoms. The Morgan fingerprint density at radius 1 is 1.60 bits per heavy atom. The largest absolute Gasteiger partial charge is 0.359 e. The van der Waals surface area contributed by atoms with Crippen molar-refractivity contribution in [1.29, 1.82) is 5.26 Å².